The summed E-state index contributed by atoms with van der Waals surface area (Å²) < 4.78 is 16.9. The van der Waals surface area contributed by atoms with Crippen molar-refractivity contribution in [2.45, 2.75) is 18.9 Å². The maximum Gasteiger partial charge on any atom is 0.196 e. The third-order valence-electron chi connectivity index (χ3n) is 5.29. The number of alkyl halides is 1. The molecular weight excluding hydrogens is 428 g/mol. The highest BCUT2D eigenvalue weighted by Crippen LogP contribution is 2.34. The molecule has 0 radical (unpaired) electrons. The van der Waals surface area contributed by atoms with Crippen molar-refractivity contribution < 1.29 is 23.8 Å². The Labute approximate surface area is 191 Å². The molecular formula is C26H23ClO5. The molecule has 0 aromatic heterocycles. The zero-order valence-electron chi connectivity index (χ0n) is 17.7. The van der Waals surface area contributed by atoms with Gasteiger partial charge in [-0.15, -0.1) is 11.6 Å². The number of hydrogen-bond donors (Lipinski definition) is 0. The molecule has 1 unspecified atom stereocenters. The summed E-state index contributed by atoms with van der Waals surface area (Å²) in [5.74, 6) is 1.81. The third kappa shape index (κ3) is 4.63. The number of fused-ring (bicyclic) bond motifs is 3. The van der Waals surface area contributed by atoms with Crippen LogP contribution in [0.5, 0.6) is 17.2 Å². The van der Waals surface area contributed by atoms with E-state index in [2.05, 4.69) is 0 Å². The molecule has 1 heterocycles. The summed E-state index contributed by atoms with van der Waals surface area (Å²) >= 11 is 5.68. The van der Waals surface area contributed by atoms with Gasteiger partial charge >= 0.3 is 0 Å². The van der Waals surface area contributed by atoms with E-state index < -0.39 is 6.10 Å². The van der Waals surface area contributed by atoms with Gasteiger partial charge in [0.1, 0.15) is 5.75 Å². The minimum absolute atomic E-state index is 0.0147. The summed E-state index contributed by atoms with van der Waals surface area (Å²) in [6, 6.07) is 16.7. The van der Waals surface area contributed by atoms with E-state index in [4.69, 9.17) is 25.8 Å². The SMILES string of the molecule is COc1cc(C=CC(=O)C2CC(=O)c3c(ccc4ccccc34)O2)ccc1OCCCCl. The van der Waals surface area contributed by atoms with Crippen LogP contribution < -0.4 is 14.2 Å². The third-order valence-corrected chi connectivity index (χ3v) is 5.56. The molecule has 164 valence electrons. The molecule has 3 aromatic rings. The monoisotopic (exact) mass is 450 g/mol. The fourth-order valence-corrected chi connectivity index (χ4v) is 3.80. The maximum atomic E-state index is 12.8. The number of rotatable bonds is 8. The molecule has 0 saturated carbocycles. The summed E-state index contributed by atoms with van der Waals surface area (Å²) in [7, 11) is 1.56. The van der Waals surface area contributed by atoms with Gasteiger partial charge < -0.3 is 14.2 Å². The Hall–Kier alpha value is -3.31. The minimum atomic E-state index is -0.840. The second kappa shape index (κ2) is 9.88. The van der Waals surface area contributed by atoms with Crippen molar-refractivity contribution in [3.63, 3.8) is 0 Å². The van der Waals surface area contributed by atoms with E-state index in [1.165, 1.54) is 6.08 Å². The second-order valence-electron chi connectivity index (χ2n) is 7.43. The van der Waals surface area contributed by atoms with Gasteiger partial charge in [-0.25, -0.2) is 0 Å². The van der Waals surface area contributed by atoms with Crippen LogP contribution in [-0.2, 0) is 4.79 Å². The lowest BCUT2D eigenvalue weighted by Crippen LogP contribution is -2.33. The van der Waals surface area contributed by atoms with Crippen LogP contribution in [0.15, 0.2) is 60.7 Å². The van der Waals surface area contributed by atoms with Crippen molar-refractivity contribution in [1.29, 1.82) is 0 Å². The summed E-state index contributed by atoms with van der Waals surface area (Å²) in [5.41, 5.74) is 1.32. The Kier molecular flexibility index (Phi) is 6.76. The molecule has 3 aromatic carbocycles. The number of halogens is 1. The molecule has 0 fully saturated rings. The van der Waals surface area contributed by atoms with Crippen molar-refractivity contribution in [2.75, 3.05) is 19.6 Å². The summed E-state index contributed by atoms with van der Waals surface area (Å²) in [4.78, 5) is 25.6. The van der Waals surface area contributed by atoms with Gasteiger partial charge in [-0.1, -0.05) is 42.5 Å². The first-order valence-corrected chi connectivity index (χ1v) is 10.9. The molecule has 0 spiro atoms. The van der Waals surface area contributed by atoms with E-state index in [9.17, 15) is 9.59 Å². The Bertz CT molecular complexity index is 1180. The number of carbonyl (C=O) groups is 2. The van der Waals surface area contributed by atoms with Crippen LogP contribution in [-0.4, -0.2) is 37.3 Å². The fraction of sp³-hybridized carbons (Fsp3) is 0.231. The highest BCUT2D eigenvalue weighted by Gasteiger charge is 2.31. The summed E-state index contributed by atoms with van der Waals surface area (Å²) in [6.45, 7) is 0.497. The lowest BCUT2D eigenvalue weighted by molar-refractivity contribution is -0.121. The number of benzene rings is 3. The molecule has 1 aliphatic rings. The molecule has 6 heteroatoms. The zero-order chi connectivity index (χ0) is 22.5. The van der Waals surface area contributed by atoms with E-state index in [1.54, 1.807) is 31.4 Å². The van der Waals surface area contributed by atoms with Crippen LogP contribution in [0.3, 0.4) is 0 Å². The second-order valence-corrected chi connectivity index (χ2v) is 7.81. The standard InChI is InChI=1S/C26H23ClO5/c1-30-25-15-17(8-11-22(25)31-14-4-13-27)7-10-20(28)24-16-21(29)26-19-6-3-2-5-18(19)9-12-23(26)32-24/h2-3,5-12,15,24H,4,13-14,16H2,1H3. The fourth-order valence-electron chi connectivity index (χ4n) is 3.69. The molecule has 0 bridgehead atoms. The molecule has 0 aliphatic carbocycles. The molecule has 4 rings (SSSR count). The maximum absolute atomic E-state index is 12.8. The lowest BCUT2D eigenvalue weighted by Gasteiger charge is -2.24. The van der Waals surface area contributed by atoms with Crippen molar-refractivity contribution in [3.8, 4) is 17.2 Å². The first-order valence-electron chi connectivity index (χ1n) is 10.4. The lowest BCUT2D eigenvalue weighted by atomic mass is 9.93. The largest absolute Gasteiger partial charge is 0.493 e. The van der Waals surface area contributed by atoms with Gasteiger partial charge in [0.15, 0.2) is 29.2 Å². The van der Waals surface area contributed by atoms with E-state index in [1.807, 2.05) is 36.4 Å². The van der Waals surface area contributed by atoms with Gasteiger partial charge in [-0.3, -0.25) is 9.59 Å². The average Bonchev–Trinajstić information content (AvgIpc) is 2.82. The first kappa shape index (κ1) is 21.9. The van der Waals surface area contributed by atoms with Crippen LogP contribution in [0, 0.1) is 0 Å². The number of Topliss-reactive ketones (excluding diaryl/α,β-unsaturated/α-hetero) is 1. The molecule has 0 amide bonds. The van der Waals surface area contributed by atoms with Crippen molar-refractivity contribution in [3.05, 3.63) is 71.8 Å². The predicted molar refractivity (Wildman–Crippen MR) is 125 cm³/mol. The summed E-state index contributed by atoms with van der Waals surface area (Å²) in [5, 5.41) is 1.81. The van der Waals surface area contributed by atoms with Crippen LogP contribution in [0.2, 0.25) is 0 Å². The topological polar surface area (TPSA) is 61.8 Å². The number of methoxy groups -OCH3 is 1. The number of hydrogen-bond acceptors (Lipinski definition) is 5. The molecule has 1 atom stereocenters. The van der Waals surface area contributed by atoms with Crippen LogP contribution in [0.4, 0.5) is 0 Å². The van der Waals surface area contributed by atoms with Gasteiger partial charge in [-0.05, 0) is 47.0 Å². The van der Waals surface area contributed by atoms with Crippen LogP contribution in [0.25, 0.3) is 16.8 Å². The Morgan fingerprint density at radius 1 is 1.16 bits per heavy atom. The Morgan fingerprint density at radius 2 is 2.00 bits per heavy atom. The van der Waals surface area contributed by atoms with E-state index in [-0.39, 0.29) is 18.0 Å². The van der Waals surface area contributed by atoms with Crippen molar-refractivity contribution >= 4 is 40.0 Å². The molecule has 0 N–H and O–H groups in total. The Morgan fingerprint density at radius 3 is 2.81 bits per heavy atom. The molecule has 32 heavy (non-hydrogen) atoms. The van der Waals surface area contributed by atoms with Gasteiger partial charge in [0.05, 0.1) is 25.7 Å². The number of ketones is 2. The van der Waals surface area contributed by atoms with Gasteiger partial charge in [-0.2, -0.15) is 0 Å². The van der Waals surface area contributed by atoms with Crippen molar-refractivity contribution in [1.82, 2.24) is 0 Å². The van der Waals surface area contributed by atoms with E-state index in [0.29, 0.717) is 35.3 Å². The van der Waals surface area contributed by atoms with Crippen molar-refractivity contribution in [2.24, 2.45) is 0 Å². The molecule has 0 saturated heterocycles. The van der Waals surface area contributed by atoms with Gasteiger partial charge in [0.25, 0.3) is 0 Å². The highest BCUT2D eigenvalue weighted by atomic mass is 35.5. The summed E-state index contributed by atoms with van der Waals surface area (Å²) in [6.07, 6.45) is 3.03. The first-order chi connectivity index (χ1) is 15.6. The molecule has 1 aliphatic heterocycles. The number of ether oxygens (including phenoxy) is 3. The van der Waals surface area contributed by atoms with Gasteiger partial charge in [0, 0.05) is 5.88 Å². The minimum Gasteiger partial charge on any atom is -0.493 e. The molecule has 5 nitrogen and oxygen atoms in total. The normalized spacial score (nSPS) is 15.4. The van der Waals surface area contributed by atoms with Crippen LogP contribution in [0.1, 0.15) is 28.8 Å². The predicted octanol–water partition coefficient (Wildman–Crippen LogP) is 5.47. The highest BCUT2D eigenvalue weighted by molar-refractivity contribution is 6.17. The van der Waals surface area contributed by atoms with E-state index >= 15 is 0 Å². The zero-order valence-corrected chi connectivity index (χ0v) is 18.4. The average molecular weight is 451 g/mol. The van der Waals surface area contributed by atoms with Gasteiger partial charge in [0.2, 0.25) is 0 Å². The van der Waals surface area contributed by atoms with Crippen LogP contribution >= 0.6 is 11.6 Å². The number of carbonyl (C=O) groups excluding carboxylic acids is 2. The Balaban J connectivity index is 1.49. The quantitative estimate of drug-likeness (QED) is 0.258. The van der Waals surface area contributed by atoms with E-state index in [0.717, 1.165) is 22.8 Å². The smallest absolute Gasteiger partial charge is 0.196 e.